The Hall–Kier alpha value is -1.58. The molecule has 0 unspecified atom stereocenters. The third-order valence-electron chi connectivity index (χ3n) is 3.92. The Bertz CT molecular complexity index is 647. The van der Waals surface area contributed by atoms with E-state index in [1.165, 1.54) is 16.7 Å². The zero-order valence-corrected chi connectivity index (χ0v) is 16.5. The minimum absolute atomic E-state index is 0.125. The van der Waals surface area contributed by atoms with E-state index in [4.69, 9.17) is 15.2 Å². The number of ether oxygens (including phenoxy) is 2. The summed E-state index contributed by atoms with van der Waals surface area (Å²) in [4.78, 5) is 38.4. The van der Waals surface area contributed by atoms with Gasteiger partial charge in [0.2, 0.25) is 12.7 Å². The Kier molecular flexibility index (Phi) is 5.74. The van der Waals surface area contributed by atoms with Crippen molar-refractivity contribution in [3.63, 3.8) is 0 Å². The summed E-state index contributed by atoms with van der Waals surface area (Å²) in [6.45, 7) is 7.88. The van der Waals surface area contributed by atoms with Crippen LogP contribution < -0.4 is 5.73 Å². The molecule has 8 nitrogen and oxygen atoms in total. The fourth-order valence-corrected chi connectivity index (χ4v) is 4.29. The van der Waals surface area contributed by atoms with Gasteiger partial charge in [0, 0.05) is 10.4 Å². The zero-order chi connectivity index (χ0) is 19.9. The summed E-state index contributed by atoms with van der Waals surface area (Å²) in [7, 11) is 0. The van der Waals surface area contributed by atoms with E-state index >= 15 is 0 Å². The molecule has 0 radical (unpaired) electrons. The van der Waals surface area contributed by atoms with Crippen LogP contribution in [0.15, 0.2) is 10.6 Å². The fourth-order valence-electron chi connectivity index (χ4n) is 2.57. The summed E-state index contributed by atoms with van der Waals surface area (Å²) in [5.74, 6) is -2.11. The largest absolute Gasteiger partial charge is 0.427 e. The second-order valence-electron chi connectivity index (χ2n) is 8.17. The van der Waals surface area contributed by atoms with Gasteiger partial charge in [0.25, 0.3) is 0 Å². The molecule has 0 aromatic rings. The molecule has 26 heavy (non-hydrogen) atoms. The van der Waals surface area contributed by atoms with Crippen molar-refractivity contribution in [2.45, 2.75) is 52.0 Å². The van der Waals surface area contributed by atoms with E-state index in [1.54, 1.807) is 20.8 Å². The first-order valence-electron chi connectivity index (χ1n) is 8.34. The smallest absolute Gasteiger partial charge is 0.358 e. The number of hydrogen-bond donors (Lipinski definition) is 2. The van der Waals surface area contributed by atoms with Crippen LogP contribution in [0.4, 0.5) is 0 Å². The molecule has 2 rings (SSSR count). The maximum Gasteiger partial charge on any atom is 0.358 e. The molecule has 0 aromatic heterocycles. The number of amides is 1. The summed E-state index contributed by atoms with van der Waals surface area (Å²) in [5.41, 5.74) is 4.88. The van der Waals surface area contributed by atoms with Crippen LogP contribution >= 0.6 is 11.8 Å². The van der Waals surface area contributed by atoms with Gasteiger partial charge in [-0.2, -0.15) is 0 Å². The van der Waals surface area contributed by atoms with E-state index in [1.807, 2.05) is 13.8 Å². The number of carbonyl (C=O) groups excluding carboxylic acids is 3. The van der Waals surface area contributed by atoms with Crippen LogP contribution in [0.25, 0.3) is 0 Å². The lowest BCUT2D eigenvalue weighted by molar-refractivity contribution is -0.173. The maximum atomic E-state index is 12.5. The molecule has 2 aliphatic rings. The number of thioether (sulfide) groups is 1. The maximum absolute atomic E-state index is 12.5. The van der Waals surface area contributed by atoms with Gasteiger partial charge in [-0.3, -0.25) is 14.5 Å². The van der Waals surface area contributed by atoms with Crippen molar-refractivity contribution in [1.82, 2.24) is 4.90 Å². The van der Waals surface area contributed by atoms with E-state index in [9.17, 15) is 19.5 Å². The molecule has 2 atom stereocenters. The number of aliphatic hydroxyl groups excluding tert-OH is 1. The number of carbonyl (C=O) groups is 3. The van der Waals surface area contributed by atoms with Gasteiger partial charge in [-0.05, 0) is 41.0 Å². The summed E-state index contributed by atoms with van der Waals surface area (Å²) in [6.07, 6.45) is 0.377. The van der Waals surface area contributed by atoms with Crippen LogP contribution in [-0.2, 0) is 23.9 Å². The van der Waals surface area contributed by atoms with Crippen LogP contribution in [0.1, 0.15) is 41.0 Å². The number of esters is 2. The number of aliphatic hydroxyl groups is 1. The fraction of sp³-hybridized carbons (Fsp3) is 0.706. The van der Waals surface area contributed by atoms with Gasteiger partial charge in [0.15, 0.2) is 0 Å². The van der Waals surface area contributed by atoms with Gasteiger partial charge in [-0.1, -0.05) is 0 Å². The van der Waals surface area contributed by atoms with Crippen LogP contribution in [0, 0.1) is 11.3 Å². The Morgan fingerprint density at radius 3 is 2.35 bits per heavy atom. The van der Waals surface area contributed by atoms with Gasteiger partial charge >= 0.3 is 11.9 Å². The number of β-lactam (4-membered cyclic amide) rings is 1. The monoisotopic (exact) mass is 386 g/mol. The number of fused-ring (bicyclic) bond motifs is 1. The molecule has 2 aliphatic heterocycles. The first-order valence-corrected chi connectivity index (χ1v) is 9.22. The predicted molar refractivity (Wildman–Crippen MR) is 95.2 cm³/mol. The molecule has 0 spiro atoms. The van der Waals surface area contributed by atoms with E-state index in [2.05, 4.69) is 0 Å². The lowest BCUT2D eigenvalue weighted by atomic mass is 9.96. The van der Waals surface area contributed by atoms with Gasteiger partial charge in [-0.25, -0.2) is 4.79 Å². The summed E-state index contributed by atoms with van der Waals surface area (Å²) >= 11 is 1.34. The van der Waals surface area contributed by atoms with E-state index in [-0.39, 0.29) is 23.6 Å². The highest BCUT2D eigenvalue weighted by molar-refractivity contribution is 8.04. The second-order valence-corrected chi connectivity index (χ2v) is 9.39. The topological polar surface area (TPSA) is 119 Å². The molecular formula is C17H26N2O6S. The highest BCUT2D eigenvalue weighted by Gasteiger charge is 2.56. The van der Waals surface area contributed by atoms with E-state index in [0.29, 0.717) is 11.3 Å². The van der Waals surface area contributed by atoms with Crippen LogP contribution in [0.5, 0.6) is 0 Å². The lowest BCUT2D eigenvalue weighted by Crippen LogP contribution is -2.58. The highest BCUT2D eigenvalue weighted by atomic mass is 32.2. The average molecular weight is 386 g/mol. The Morgan fingerprint density at radius 2 is 1.85 bits per heavy atom. The molecule has 2 heterocycles. The summed E-state index contributed by atoms with van der Waals surface area (Å²) in [5, 5.41) is 9.02. The van der Waals surface area contributed by atoms with Crippen LogP contribution in [0.2, 0.25) is 0 Å². The van der Waals surface area contributed by atoms with Crippen molar-refractivity contribution in [1.29, 1.82) is 0 Å². The highest BCUT2D eigenvalue weighted by Crippen LogP contribution is 2.51. The molecule has 0 bridgehead atoms. The minimum Gasteiger partial charge on any atom is -0.427 e. The molecule has 0 aliphatic carbocycles. The third kappa shape index (κ3) is 4.21. The molecule has 0 aromatic carbocycles. The molecular weight excluding hydrogens is 360 g/mol. The quantitative estimate of drug-likeness (QED) is 0.393. The van der Waals surface area contributed by atoms with Crippen molar-refractivity contribution in [3.8, 4) is 0 Å². The van der Waals surface area contributed by atoms with Crippen LogP contribution in [-0.4, -0.2) is 52.2 Å². The predicted octanol–water partition coefficient (Wildman–Crippen LogP) is 0.939. The number of hydrogen-bond acceptors (Lipinski definition) is 8. The van der Waals surface area contributed by atoms with E-state index < -0.39 is 35.6 Å². The Labute approximate surface area is 157 Å². The average Bonchev–Trinajstić information content (AvgIpc) is 2.79. The van der Waals surface area contributed by atoms with Gasteiger partial charge in [0.05, 0.1) is 17.9 Å². The van der Waals surface area contributed by atoms with E-state index in [0.717, 1.165) is 0 Å². The third-order valence-corrected chi connectivity index (χ3v) is 5.32. The van der Waals surface area contributed by atoms with Gasteiger partial charge in [-0.15, -0.1) is 11.8 Å². The van der Waals surface area contributed by atoms with Crippen molar-refractivity contribution < 1.29 is 29.0 Å². The Balaban J connectivity index is 2.11. The molecule has 9 heteroatoms. The zero-order valence-electron chi connectivity index (χ0n) is 15.7. The lowest BCUT2D eigenvalue weighted by Gasteiger charge is -2.41. The standard InChI is InChI=1S/C17H26N2O6S/c1-16(2,3)15(23)25-8-24-14(22)11-10(6-17(4,5)18)26-13-9(7-20)12(21)19(11)13/h9,13,20H,6-8,18H2,1-5H3/t9-,13+/m0/s1. The number of nitrogens with two attached hydrogens (primary N) is 1. The van der Waals surface area contributed by atoms with Gasteiger partial charge in [0.1, 0.15) is 11.1 Å². The SMILES string of the molecule is CC(C)(N)CC1=C(C(=O)OCOC(=O)C(C)(C)C)N2C(=O)[C@H](CO)[C@H]2S1. The summed E-state index contributed by atoms with van der Waals surface area (Å²) in [6, 6.07) is 0. The Morgan fingerprint density at radius 1 is 1.23 bits per heavy atom. The molecule has 0 saturated carbocycles. The van der Waals surface area contributed by atoms with Crippen LogP contribution in [0.3, 0.4) is 0 Å². The number of rotatable bonds is 6. The molecule has 1 saturated heterocycles. The first-order chi connectivity index (χ1) is 11.9. The van der Waals surface area contributed by atoms with Crippen molar-refractivity contribution >= 4 is 29.6 Å². The molecule has 1 fully saturated rings. The van der Waals surface area contributed by atoms with Crippen molar-refractivity contribution in [3.05, 3.63) is 10.6 Å². The number of nitrogens with zero attached hydrogens (tertiary/aromatic N) is 1. The molecule has 1 amide bonds. The first kappa shape index (κ1) is 20.7. The van der Waals surface area contributed by atoms with Crippen molar-refractivity contribution in [2.75, 3.05) is 13.4 Å². The molecule has 3 N–H and O–H groups in total. The second kappa shape index (κ2) is 7.21. The van der Waals surface area contributed by atoms with Crippen molar-refractivity contribution in [2.24, 2.45) is 17.1 Å². The minimum atomic E-state index is -0.745. The van der Waals surface area contributed by atoms with Gasteiger partial charge < -0.3 is 20.3 Å². The molecule has 146 valence electrons. The normalized spacial score (nSPS) is 22.9. The summed E-state index contributed by atoms with van der Waals surface area (Å²) < 4.78 is 10.00.